The highest BCUT2D eigenvalue weighted by Crippen LogP contribution is 2.16. The molecule has 2 heterocycles. The molecule has 17 heavy (non-hydrogen) atoms. The highest BCUT2D eigenvalue weighted by atomic mass is 32.1. The highest BCUT2D eigenvalue weighted by molar-refractivity contribution is 7.11. The van der Waals surface area contributed by atoms with Gasteiger partial charge in [-0.15, -0.1) is 11.3 Å². The van der Waals surface area contributed by atoms with Crippen molar-refractivity contribution in [1.29, 1.82) is 0 Å². The zero-order valence-electron chi connectivity index (χ0n) is 10.2. The molecule has 0 amide bonds. The van der Waals surface area contributed by atoms with Crippen LogP contribution >= 0.6 is 11.3 Å². The zero-order chi connectivity index (χ0) is 12.1. The third-order valence-corrected chi connectivity index (χ3v) is 3.83. The first-order valence-electron chi connectivity index (χ1n) is 5.86. The first kappa shape index (κ1) is 12.2. The summed E-state index contributed by atoms with van der Waals surface area (Å²) in [7, 11) is 0. The molecule has 4 heteroatoms. The molecule has 0 aromatic carbocycles. The zero-order valence-corrected chi connectivity index (χ0v) is 11.0. The maximum atomic E-state index is 4.35. The van der Waals surface area contributed by atoms with E-state index >= 15 is 0 Å². The second kappa shape index (κ2) is 5.89. The van der Waals surface area contributed by atoms with Crippen LogP contribution in [0.4, 0.5) is 0 Å². The SMILES string of the molecule is CCc1ncc(CNC(C)c2ccncc2)s1. The van der Waals surface area contributed by atoms with Crippen molar-refractivity contribution in [2.45, 2.75) is 32.9 Å². The van der Waals surface area contributed by atoms with Crippen molar-refractivity contribution in [2.75, 3.05) is 0 Å². The molecule has 1 N–H and O–H groups in total. The Kier molecular flexibility index (Phi) is 4.23. The fourth-order valence-electron chi connectivity index (χ4n) is 1.62. The summed E-state index contributed by atoms with van der Waals surface area (Å²) in [6.07, 6.45) is 6.64. The van der Waals surface area contributed by atoms with Crippen molar-refractivity contribution in [3.05, 3.63) is 46.2 Å². The molecule has 2 rings (SSSR count). The molecule has 90 valence electrons. The normalized spacial score (nSPS) is 12.6. The molecule has 0 aliphatic heterocycles. The molecule has 2 aromatic heterocycles. The number of thiazole rings is 1. The minimum Gasteiger partial charge on any atom is -0.305 e. The molecule has 0 saturated carbocycles. The summed E-state index contributed by atoms with van der Waals surface area (Å²) < 4.78 is 0. The number of hydrogen-bond acceptors (Lipinski definition) is 4. The van der Waals surface area contributed by atoms with Crippen LogP contribution < -0.4 is 5.32 Å². The summed E-state index contributed by atoms with van der Waals surface area (Å²) in [4.78, 5) is 9.67. The molecule has 0 aliphatic carbocycles. The summed E-state index contributed by atoms with van der Waals surface area (Å²) in [5.74, 6) is 0. The Balaban J connectivity index is 1.90. The molecule has 3 nitrogen and oxygen atoms in total. The van der Waals surface area contributed by atoms with Crippen LogP contribution in [0, 0.1) is 0 Å². The molecular weight excluding hydrogens is 230 g/mol. The first-order valence-corrected chi connectivity index (χ1v) is 6.68. The monoisotopic (exact) mass is 247 g/mol. The minimum atomic E-state index is 0.338. The van der Waals surface area contributed by atoms with Gasteiger partial charge in [0.25, 0.3) is 0 Å². The average molecular weight is 247 g/mol. The lowest BCUT2D eigenvalue weighted by molar-refractivity contribution is 0.578. The van der Waals surface area contributed by atoms with E-state index in [2.05, 4.69) is 29.1 Å². The molecule has 1 atom stereocenters. The molecule has 0 spiro atoms. The van der Waals surface area contributed by atoms with Crippen LogP contribution in [-0.2, 0) is 13.0 Å². The van der Waals surface area contributed by atoms with Crippen molar-refractivity contribution in [3.63, 3.8) is 0 Å². The third kappa shape index (κ3) is 3.35. The van der Waals surface area contributed by atoms with Gasteiger partial charge in [-0.1, -0.05) is 6.92 Å². The second-order valence-corrected chi connectivity index (χ2v) is 5.16. The molecule has 0 saturated heterocycles. The van der Waals surface area contributed by atoms with Crippen molar-refractivity contribution >= 4 is 11.3 Å². The van der Waals surface area contributed by atoms with Crippen LogP contribution in [0.5, 0.6) is 0 Å². The Bertz CT molecular complexity index is 453. The van der Waals surface area contributed by atoms with Crippen molar-refractivity contribution in [1.82, 2.24) is 15.3 Å². The maximum Gasteiger partial charge on any atom is 0.0925 e. The average Bonchev–Trinajstić information content (AvgIpc) is 2.85. The van der Waals surface area contributed by atoms with Gasteiger partial charge in [-0.25, -0.2) is 4.98 Å². The van der Waals surface area contributed by atoms with E-state index < -0.39 is 0 Å². The van der Waals surface area contributed by atoms with Crippen LogP contribution in [0.3, 0.4) is 0 Å². The first-order chi connectivity index (χ1) is 8.29. The Labute approximate surface area is 106 Å². The van der Waals surface area contributed by atoms with Crippen LogP contribution in [-0.4, -0.2) is 9.97 Å². The van der Waals surface area contributed by atoms with Gasteiger partial charge in [0.15, 0.2) is 0 Å². The lowest BCUT2D eigenvalue weighted by atomic mass is 10.1. The van der Waals surface area contributed by atoms with Gasteiger partial charge >= 0.3 is 0 Å². The van der Waals surface area contributed by atoms with Gasteiger partial charge in [0, 0.05) is 36.1 Å². The lowest BCUT2D eigenvalue weighted by Gasteiger charge is -2.12. The topological polar surface area (TPSA) is 37.8 Å². The number of aromatic nitrogens is 2. The quantitative estimate of drug-likeness (QED) is 0.882. The van der Waals surface area contributed by atoms with E-state index in [1.165, 1.54) is 15.4 Å². The summed E-state index contributed by atoms with van der Waals surface area (Å²) in [6.45, 7) is 5.17. The number of hydrogen-bond donors (Lipinski definition) is 1. The standard InChI is InChI=1S/C13H17N3S/c1-3-13-16-9-12(17-13)8-15-10(2)11-4-6-14-7-5-11/h4-7,9-10,15H,3,8H2,1-2H3. The number of pyridine rings is 1. The van der Waals surface area contributed by atoms with Gasteiger partial charge in [0.2, 0.25) is 0 Å². The molecule has 2 aromatic rings. The number of nitrogens with one attached hydrogen (secondary N) is 1. The maximum absolute atomic E-state index is 4.35. The number of rotatable bonds is 5. The van der Waals surface area contributed by atoms with E-state index in [4.69, 9.17) is 0 Å². The molecule has 0 bridgehead atoms. The van der Waals surface area contributed by atoms with Crippen LogP contribution in [0.2, 0.25) is 0 Å². The van der Waals surface area contributed by atoms with Crippen molar-refractivity contribution in [2.24, 2.45) is 0 Å². The van der Waals surface area contributed by atoms with E-state index in [9.17, 15) is 0 Å². The molecule has 0 radical (unpaired) electrons. The Morgan fingerprint density at radius 1 is 1.35 bits per heavy atom. The van der Waals surface area contributed by atoms with E-state index in [0.29, 0.717) is 6.04 Å². The Morgan fingerprint density at radius 2 is 2.12 bits per heavy atom. The number of nitrogens with zero attached hydrogens (tertiary/aromatic N) is 2. The van der Waals surface area contributed by atoms with Gasteiger partial charge < -0.3 is 5.32 Å². The lowest BCUT2D eigenvalue weighted by Crippen LogP contribution is -2.17. The Morgan fingerprint density at radius 3 is 2.76 bits per heavy atom. The second-order valence-electron chi connectivity index (χ2n) is 3.96. The van der Waals surface area contributed by atoms with Gasteiger partial charge in [0.1, 0.15) is 0 Å². The Hall–Kier alpha value is -1.26. The van der Waals surface area contributed by atoms with E-state index in [1.54, 1.807) is 11.3 Å². The van der Waals surface area contributed by atoms with Crippen LogP contribution in [0.1, 0.15) is 35.3 Å². The summed E-state index contributed by atoms with van der Waals surface area (Å²) >= 11 is 1.78. The molecule has 0 aliphatic rings. The van der Waals surface area contributed by atoms with Gasteiger partial charge in [-0.05, 0) is 31.0 Å². The fraction of sp³-hybridized carbons (Fsp3) is 0.385. The van der Waals surface area contributed by atoms with E-state index in [-0.39, 0.29) is 0 Å². The van der Waals surface area contributed by atoms with Crippen molar-refractivity contribution in [3.8, 4) is 0 Å². The molecule has 1 unspecified atom stereocenters. The molecular formula is C13H17N3S. The van der Waals surface area contributed by atoms with Crippen molar-refractivity contribution < 1.29 is 0 Å². The number of aryl methyl sites for hydroxylation is 1. The van der Waals surface area contributed by atoms with Crippen LogP contribution in [0.15, 0.2) is 30.7 Å². The van der Waals surface area contributed by atoms with Crippen LogP contribution in [0.25, 0.3) is 0 Å². The largest absolute Gasteiger partial charge is 0.305 e. The van der Waals surface area contributed by atoms with Gasteiger partial charge in [-0.2, -0.15) is 0 Å². The van der Waals surface area contributed by atoms with Gasteiger partial charge in [-0.3, -0.25) is 4.98 Å². The molecule has 0 fully saturated rings. The van der Waals surface area contributed by atoms with Gasteiger partial charge in [0.05, 0.1) is 5.01 Å². The predicted octanol–water partition coefficient (Wildman–Crippen LogP) is 2.95. The predicted molar refractivity (Wildman–Crippen MR) is 71.0 cm³/mol. The minimum absolute atomic E-state index is 0.338. The smallest absolute Gasteiger partial charge is 0.0925 e. The third-order valence-electron chi connectivity index (χ3n) is 2.69. The van der Waals surface area contributed by atoms with E-state index in [0.717, 1.165) is 13.0 Å². The highest BCUT2D eigenvalue weighted by Gasteiger charge is 2.05. The summed E-state index contributed by atoms with van der Waals surface area (Å²) in [5, 5.41) is 4.70. The summed E-state index contributed by atoms with van der Waals surface area (Å²) in [5.41, 5.74) is 1.26. The fourth-order valence-corrected chi connectivity index (χ4v) is 2.43. The summed E-state index contributed by atoms with van der Waals surface area (Å²) in [6, 6.07) is 4.43. The van der Waals surface area contributed by atoms with E-state index in [1.807, 2.05) is 30.7 Å².